The summed E-state index contributed by atoms with van der Waals surface area (Å²) in [4.78, 5) is 27.2. The lowest BCUT2D eigenvalue weighted by Crippen LogP contribution is -2.48. The molecule has 2 fully saturated rings. The van der Waals surface area contributed by atoms with Gasteiger partial charge in [0, 0.05) is 42.3 Å². The Morgan fingerprint density at radius 1 is 1.05 bits per heavy atom. The van der Waals surface area contributed by atoms with E-state index in [1.165, 1.54) is 19.2 Å². The fourth-order valence-corrected chi connectivity index (χ4v) is 5.59. The molecule has 0 bridgehead atoms. The van der Waals surface area contributed by atoms with Crippen molar-refractivity contribution in [1.29, 1.82) is 0 Å². The minimum atomic E-state index is -4.38. The van der Waals surface area contributed by atoms with Gasteiger partial charge in [0.15, 0.2) is 0 Å². The van der Waals surface area contributed by atoms with Crippen LogP contribution in [-0.2, 0) is 15.7 Å². The second-order valence-corrected chi connectivity index (χ2v) is 10.5. The number of esters is 1. The number of anilines is 2. The number of piperidine rings is 1. The van der Waals surface area contributed by atoms with Gasteiger partial charge in [0.1, 0.15) is 0 Å². The summed E-state index contributed by atoms with van der Waals surface area (Å²) in [5.41, 5.74) is 0.871. The maximum Gasteiger partial charge on any atom is 0.416 e. The predicted molar refractivity (Wildman–Crippen MR) is 142 cm³/mol. The van der Waals surface area contributed by atoms with Gasteiger partial charge in [-0.05, 0) is 68.0 Å². The van der Waals surface area contributed by atoms with Gasteiger partial charge in [-0.15, -0.1) is 0 Å². The third kappa shape index (κ3) is 6.92. The Morgan fingerprint density at radius 3 is 2.50 bits per heavy atom. The Hall–Kier alpha value is -2.94. The Labute approximate surface area is 225 Å². The molecule has 2 N–H and O–H groups in total. The van der Waals surface area contributed by atoms with Gasteiger partial charge in [0.05, 0.1) is 23.9 Å². The molecule has 38 heavy (non-hydrogen) atoms. The van der Waals surface area contributed by atoms with E-state index in [0.717, 1.165) is 31.7 Å². The minimum absolute atomic E-state index is 0.00333. The second-order valence-electron chi connectivity index (χ2n) is 10.0. The number of carbonyl (C=O) groups is 2. The second kappa shape index (κ2) is 12.3. The largest absolute Gasteiger partial charge is 0.465 e. The van der Waals surface area contributed by atoms with Crippen LogP contribution < -0.4 is 15.5 Å². The third-order valence-corrected chi connectivity index (χ3v) is 7.82. The van der Waals surface area contributed by atoms with Crippen LogP contribution >= 0.6 is 11.6 Å². The summed E-state index contributed by atoms with van der Waals surface area (Å²) in [6.07, 6.45) is 0.701. The lowest BCUT2D eigenvalue weighted by molar-refractivity contribution is -0.137. The highest BCUT2D eigenvalue weighted by Gasteiger charge is 2.33. The fourth-order valence-electron chi connectivity index (χ4n) is 5.41. The first-order valence-corrected chi connectivity index (χ1v) is 13.4. The Kier molecular flexibility index (Phi) is 9.07. The van der Waals surface area contributed by atoms with Gasteiger partial charge in [-0.3, -0.25) is 4.79 Å². The monoisotopic (exact) mass is 551 g/mol. The number of ether oxygens (including phenoxy) is 1. The summed E-state index contributed by atoms with van der Waals surface area (Å²) in [7, 11) is 1.33. The van der Waals surface area contributed by atoms with Crippen LogP contribution in [0.15, 0.2) is 42.5 Å². The molecule has 2 aliphatic rings. The molecule has 0 unspecified atom stereocenters. The maximum atomic E-state index is 13.2. The van der Waals surface area contributed by atoms with Crippen LogP contribution in [0.3, 0.4) is 0 Å². The number of halogens is 4. The number of nitrogens with zero attached hydrogens (tertiary/aromatic N) is 1. The number of alkyl halides is 3. The van der Waals surface area contributed by atoms with E-state index in [9.17, 15) is 22.8 Å². The van der Waals surface area contributed by atoms with Crippen LogP contribution in [0.1, 0.15) is 54.4 Å². The number of amides is 1. The Morgan fingerprint density at radius 2 is 1.79 bits per heavy atom. The van der Waals surface area contributed by atoms with Gasteiger partial charge in [0.25, 0.3) is 0 Å². The standard InChI is InChI=1S/C28H33ClF3N3O3/c1-38-27(37)23-10-9-21(29)16-25(23)33-17-19-5-2-3-8-24(19)34-26(36)18-11-13-35(14-12-18)22-7-4-6-20(15-22)28(30,31)32/h4,6-7,9-10,15-16,18-19,24,33H,2-3,5,8,11-14,17H2,1H3,(H,34,36)/t19-,24-/m0/s1. The maximum absolute atomic E-state index is 13.2. The Bertz CT molecular complexity index is 1140. The molecule has 2 aromatic carbocycles. The first kappa shape index (κ1) is 28.1. The summed E-state index contributed by atoms with van der Waals surface area (Å²) < 4.78 is 44.2. The number of hydrogen-bond acceptors (Lipinski definition) is 5. The van der Waals surface area contributed by atoms with Gasteiger partial charge < -0.3 is 20.3 Å². The van der Waals surface area contributed by atoms with Crippen LogP contribution in [0.2, 0.25) is 5.02 Å². The van der Waals surface area contributed by atoms with Gasteiger partial charge in [-0.1, -0.05) is 30.5 Å². The number of rotatable bonds is 7. The lowest BCUT2D eigenvalue weighted by atomic mass is 9.83. The van der Waals surface area contributed by atoms with Crippen molar-refractivity contribution in [3.05, 3.63) is 58.6 Å². The SMILES string of the molecule is COC(=O)c1ccc(Cl)cc1NC[C@@H]1CCCC[C@@H]1NC(=O)C1CCN(c2cccc(C(F)(F)F)c2)CC1. The number of nitrogens with one attached hydrogen (secondary N) is 2. The quantitative estimate of drug-likeness (QED) is 0.404. The van der Waals surface area contributed by atoms with E-state index in [1.807, 2.05) is 4.90 Å². The zero-order valence-corrected chi connectivity index (χ0v) is 22.1. The van der Waals surface area contributed by atoms with Crippen LogP contribution in [0.5, 0.6) is 0 Å². The average molecular weight is 552 g/mol. The summed E-state index contributed by atoms with van der Waals surface area (Å²) in [6.45, 7) is 1.63. The summed E-state index contributed by atoms with van der Waals surface area (Å²) in [5.74, 6) is -0.438. The van der Waals surface area contributed by atoms with E-state index in [0.29, 0.717) is 54.4 Å². The van der Waals surface area contributed by atoms with E-state index in [-0.39, 0.29) is 23.8 Å². The highest BCUT2D eigenvalue weighted by molar-refractivity contribution is 6.31. The summed E-state index contributed by atoms with van der Waals surface area (Å²) in [6, 6.07) is 10.3. The van der Waals surface area contributed by atoms with E-state index in [2.05, 4.69) is 10.6 Å². The molecule has 1 aliphatic heterocycles. The molecule has 0 spiro atoms. The highest BCUT2D eigenvalue weighted by atomic mass is 35.5. The van der Waals surface area contributed by atoms with Crippen molar-refractivity contribution in [2.45, 2.75) is 50.7 Å². The van der Waals surface area contributed by atoms with E-state index < -0.39 is 17.7 Å². The molecule has 2 atom stereocenters. The van der Waals surface area contributed by atoms with Crippen LogP contribution in [0, 0.1) is 11.8 Å². The fraction of sp³-hybridized carbons (Fsp3) is 0.500. The molecule has 6 nitrogen and oxygen atoms in total. The van der Waals surface area contributed by atoms with Crippen molar-refractivity contribution < 1.29 is 27.5 Å². The van der Waals surface area contributed by atoms with Gasteiger partial charge in [-0.25, -0.2) is 4.79 Å². The third-order valence-electron chi connectivity index (χ3n) is 7.58. The zero-order valence-electron chi connectivity index (χ0n) is 21.3. The normalized spacial score (nSPS) is 20.6. The van der Waals surface area contributed by atoms with E-state index in [1.54, 1.807) is 24.3 Å². The van der Waals surface area contributed by atoms with Gasteiger partial charge in [0.2, 0.25) is 5.91 Å². The summed E-state index contributed by atoms with van der Waals surface area (Å²) >= 11 is 6.14. The number of carbonyl (C=O) groups excluding carboxylic acids is 2. The first-order valence-electron chi connectivity index (χ1n) is 13.0. The molecule has 1 heterocycles. The number of hydrogen-bond donors (Lipinski definition) is 2. The molecule has 1 saturated heterocycles. The molecule has 0 radical (unpaired) electrons. The van der Waals surface area contributed by atoms with Gasteiger partial charge >= 0.3 is 12.1 Å². The molecule has 10 heteroatoms. The first-order chi connectivity index (χ1) is 18.2. The molecule has 2 aromatic rings. The highest BCUT2D eigenvalue weighted by Crippen LogP contribution is 2.33. The van der Waals surface area contributed by atoms with Crippen LogP contribution in [-0.4, -0.2) is 44.7 Å². The van der Waals surface area contributed by atoms with Crippen molar-refractivity contribution in [1.82, 2.24) is 5.32 Å². The van der Waals surface area contributed by atoms with E-state index in [4.69, 9.17) is 16.3 Å². The minimum Gasteiger partial charge on any atom is -0.465 e. The topological polar surface area (TPSA) is 70.7 Å². The van der Waals surface area contributed by atoms with Crippen LogP contribution in [0.25, 0.3) is 0 Å². The molecular formula is C28H33ClF3N3O3. The van der Waals surface area contributed by atoms with Crippen molar-refractivity contribution in [3.8, 4) is 0 Å². The number of benzene rings is 2. The van der Waals surface area contributed by atoms with Crippen molar-refractivity contribution in [2.24, 2.45) is 11.8 Å². The van der Waals surface area contributed by atoms with Crippen molar-refractivity contribution in [2.75, 3.05) is 37.0 Å². The molecule has 1 aliphatic carbocycles. The molecule has 1 saturated carbocycles. The van der Waals surface area contributed by atoms with Crippen LogP contribution in [0.4, 0.5) is 24.5 Å². The zero-order chi connectivity index (χ0) is 27.3. The summed E-state index contributed by atoms with van der Waals surface area (Å²) in [5, 5.41) is 7.10. The molecule has 206 valence electrons. The predicted octanol–water partition coefficient (Wildman–Crippen LogP) is 6.15. The molecule has 1 amide bonds. The van der Waals surface area contributed by atoms with Crippen molar-refractivity contribution in [3.63, 3.8) is 0 Å². The number of methoxy groups -OCH3 is 1. The lowest BCUT2D eigenvalue weighted by Gasteiger charge is -2.36. The average Bonchev–Trinajstić information content (AvgIpc) is 2.92. The van der Waals surface area contributed by atoms with Crippen molar-refractivity contribution >= 4 is 34.9 Å². The smallest absolute Gasteiger partial charge is 0.416 e. The molecule has 4 rings (SSSR count). The molecular weight excluding hydrogens is 519 g/mol. The Balaban J connectivity index is 1.33. The van der Waals surface area contributed by atoms with Gasteiger partial charge in [-0.2, -0.15) is 13.2 Å². The van der Waals surface area contributed by atoms with E-state index >= 15 is 0 Å². The molecule has 0 aromatic heterocycles.